The standard InChI is InChI=1S/C22H18F4N4O5/c1-11(31)10-30-19-17(20(32)28-21(30)33)29(2)18(27-19)12-3-8-16(15(23)9-12)34-13-4-6-14(7-5-13)35-22(24,25)26/h3-9,11,31H,10H2,1-2H3,(H,28,32,33). The van der Waals surface area contributed by atoms with Gasteiger partial charge in [-0.25, -0.2) is 14.2 Å². The Balaban J connectivity index is 1.66. The highest BCUT2D eigenvalue weighted by Gasteiger charge is 2.31. The minimum atomic E-state index is -4.84. The second kappa shape index (κ2) is 8.91. The van der Waals surface area contributed by atoms with Gasteiger partial charge in [0.25, 0.3) is 5.56 Å². The minimum absolute atomic E-state index is 0.0269. The number of rotatable bonds is 6. The Morgan fingerprint density at radius 2 is 1.77 bits per heavy atom. The van der Waals surface area contributed by atoms with Crippen molar-refractivity contribution in [1.29, 1.82) is 0 Å². The van der Waals surface area contributed by atoms with Crippen molar-refractivity contribution in [2.75, 3.05) is 0 Å². The van der Waals surface area contributed by atoms with E-state index in [4.69, 9.17) is 4.74 Å². The predicted molar refractivity (Wildman–Crippen MR) is 116 cm³/mol. The first-order chi connectivity index (χ1) is 16.4. The number of nitrogens with one attached hydrogen (secondary N) is 1. The van der Waals surface area contributed by atoms with Crippen molar-refractivity contribution in [2.45, 2.75) is 25.9 Å². The number of aliphatic hydroxyl groups is 1. The number of ether oxygens (including phenoxy) is 2. The van der Waals surface area contributed by atoms with Crippen LogP contribution in [0.4, 0.5) is 17.6 Å². The molecule has 2 heterocycles. The fourth-order valence-corrected chi connectivity index (χ4v) is 3.50. The number of aromatic amines is 1. The summed E-state index contributed by atoms with van der Waals surface area (Å²) >= 11 is 0. The third-order valence-corrected chi connectivity index (χ3v) is 4.94. The molecule has 0 aliphatic rings. The number of aryl methyl sites for hydroxylation is 1. The largest absolute Gasteiger partial charge is 0.573 e. The smallest absolute Gasteiger partial charge is 0.454 e. The maximum absolute atomic E-state index is 14.8. The lowest BCUT2D eigenvalue weighted by molar-refractivity contribution is -0.274. The van der Waals surface area contributed by atoms with Crippen molar-refractivity contribution >= 4 is 11.2 Å². The first-order valence-corrected chi connectivity index (χ1v) is 10.1. The fraction of sp³-hybridized carbons (Fsp3) is 0.227. The first kappa shape index (κ1) is 24.0. The van der Waals surface area contributed by atoms with Gasteiger partial charge in [-0.15, -0.1) is 13.2 Å². The molecule has 13 heteroatoms. The molecule has 1 atom stereocenters. The Morgan fingerprint density at radius 3 is 2.37 bits per heavy atom. The van der Waals surface area contributed by atoms with Crippen LogP contribution in [0.5, 0.6) is 17.2 Å². The molecule has 9 nitrogen and oxygen atoms in total. The number of benzene rings is 2. The van der Waals surface area contributed by atoms with Gasteiger partial charge in [-0.05, 0) is 49.4 Å². The summed E-state index contributed by atoms with van der Waals surface area (Å²) in [6.07, 6.45) is -5.73. The molecule has 0 spiro atoms. The SMILES string of the molecule is CC(O)Cn1c(=O)[nH]c(=O)c2c1nc(-c1ccc(Oc3ccc(OC(F)(F)F)cc3)c(F)c1)n2C. The molecule has 0 fully saturated rings. The summed E-state index contributed by atoms with van der Waals surface area (Å²) in [6, 6.07) is 8.28. The van der Waals surface area contributed by atoms with Crippen LogP contribution in [0.2, 0.25) is 0 Å². The van der Waals surface area contributed by atoms with E-state index in [2.05, 4.69) is 14.7 Å². The zero-order valence-corrected chi connectivity index (χ0v) is 18.3. The summed E-state index contributed by atoms with van der Waals surface area (Å²) in [5, 5.41) is 9.70. The Kier molecular flexibility index (Phi) is 6.11. The Morgan fingerprint density at radius 1 is 1.11 bits per heavy atom. The second-order valence-corrected chi connectivity index (χ2v) is 7.65. The number of hydrogen-bond acceptors (Lipinski definition) is 6. The lowest BCUT2D eigenvalue weighted by Gasteiger charge is -2.11. The third-order valence-electron chi connectivity index (χ3n) is 4.94. The molecule has 1 unspecified atom stereocenters. The van der Waals surface area contributed by atoms with Gasteiger partial charge in [0.1, 0.15) is 17.3 Å². The zero-order valence-electron chi connectivity index (χ0n) is 18.3. The molecule has 0 amide bonds. The van der Waals surface area contributed by atoms with Gasteiger partial charge >= 0.3 is 12.1 Å². The van der Waals surface area contributed by atoms with E-state index in [9.17, 15) is 32.3 Å². The van der Waals surface area contributed by atoms with Gasteiger partial charge in [-0.1, -0.05) is 0 Å². The molecule has 184 valence electrons. The summed E-state index contributed by atoms with van der Waals surface area (Å²) in [6.45, 7) is 1.36. The Bertz CT molecular complexity index is 1500. The van der Waals surface area contributed by atoms with Crippen LogP contribution in [0, 0.1) is 5.82 Å². The molecule has 0 saturated carbocycles. The van der Waals surface area contributed by atoms with Crippen molar-refractivity contribution < 1.29 is 32.1 Å². The van der Waals surface area contributed by atoms with Gasteiger partial charge in [0, 0.05) is 12.6 Å². The fourth-order valence-electron chi connectivity index (χ4n) is 3.50. The average Bonchev–Trinajstić information content (AvgIpc) is 3.10. The van der Waals surface area contributed by atoms with E-state index < -0.39 is 35.3 Å². The van der Waals surface area contributed by atoms with Crippen LogP contribution in [-0.4, -0.2) is 36.7 Å². The summed E-state index contributed by atoms with van der Waals surface area (Å²) in [7, 11) is 1.52. The van der Waals surface area contributed by atoms with Crippen LogP contribution >= 0.6 is 0 Å². The van der Waals surface area contributed by atoms with E-state index >= 15 is 0 Å². The highest BCUT2D eigenvalue weighted by Crippen LogP contribution is 2.31. The van der Waals surface area contributed by atoms with E-state index in [1.807, 2.05) is 0 Å². The Labute approximate surface area is 193 Å². The quantitative estimate of drug-likeness (QED) is 0.398. The number of imidazole rings is 1. The van der Waals surface area contributed by atoms with Gasteiger partial charge in [-0.3, -0.25) is 14.3 Å². The van der Waals surface area contributed by atoms with E-state index in [1.54, 1.807) is 0 Å². The van der Waals surface area contributed by atoms with Gasteiger partial charge in [0.2, 0.25) is 0 Å². The number of halogens is 4. The number of hydrogen-bond donors (Lipinski definition) is 2. The average molecular weight is 494 g/mol. The second-order valence-electron chi connectivity index (χ2n) is 7.65. The maximum Gasteiger partial charge on any atom is 0.573 e. The van der Waals surface area contributed by atoms with Crippen LogP contribution in [0.15, 0.2) is 52.1 Å². The van der Waals surface area contributed by atoms with Crippen molar-refractivity contribution in [3.8, 4) is 28.6 Å². The van der Waals surface area contributed by atoms with Crippen LogP contribution < -0.4 is 20.7 Å². The first-order valence-electron chi connectivity index (χ1n) is 10.1. The summed E-state index contributed by atoms with van der Waals surface area (Å²) in [4.78, 5) is 31.1. The molecule has 4 aromatic rings. The molecule has 0 saturated heterocycles. The molecular formula is C22H18F4N4O5. The van der Waals surface area contributed by atoms with Crippen molar-refractivity contribution in [3.63, 3.8) is 0 Å². The van der Waals surface area contributed by atoms with Crippen LogP contribution in [-0.2, 0) is 13.6 Å². The van der Waals surface area contributed by atoms with Crippen LogP contribution in [0.1, 0.15) is 6.92 Å². The van der Waals surface area contributed by atoms with Gasteiger partial charge in [0.15, 0.2) is 22.7 Å². The molecule has 0 aliphatic heterocycles. The Hall–Kier alpha value is -4.13. The van der Waals surface area contributed by atoms with E-state index in [0.29, 0.717) is 0 Å². The van der Waals surface area contributed by atoms with E-state index in [1.165, 1.54) is 42.8 Å². The summed E-state index contributed by atoms with van der Waals surface area (Å²) < 4.78 is 63.3. The minimum Gasteiger partial charge on any atom is -0.454 e. The molecule has 0 radical (unpaired) electrons. The molecule has 0 aliphatic carbocycles. The highest BCUT2D eigenvalue weighted by molar-refractivity contribution is 5.77. The lowest BCUT2D eigenvalue weighted by Crippen LogP contribution is -2.33. The lowest BCUT2D eigenvalue weighted by atomic mass is 10.2. The molecule has 2 aromatic heterocycles. The molecule has 0 bridgehead atoms. The van der Waals surface area contributed by atoms with E-state index in [-0.39, 0.29) is 40.6 Å². The molecule has 4 rings (SSSR count). The van der Waals surface area contributed by atoms with Gasteiger partial charge < -0.3 is 19.1 Å². The predicted octanol–water partition coefficient (Wildman–Crippen LogP) is 3.30. The van der Waals surface area contributed by atoms with Gasteiger partial charge in [-0.2, -0.15) is 0 Å². The monoisotopic (exact) mass is 494 g/mol. The maximum atomic E-state index is 14.8. The topological polar surface area (TPSA) is 111 Å². The molecular weight excluding hydrogens is 476 g/mol. The number of aromatic nitrogens is 4. The molecule has 2 aromatic carbocycles. The van der Waals surface area contributed by atoms with E-state index in [0.717, 1.165) is 22.8 Å². The van der Waals surface area contributed by atoms with Crippen LogP contribution in [0.3, 0.4) is 0 Å². The zero-order chi connectivity index (χ0) is 25.5. The molecule has 35 heavy (non-hydrogen) atoms. The number of nitrogens with zero attached hydrogens (tertiary/aromatic N) is 3. The number of aliphatic hydroxyl groups excluding tert-OH is 1. The number of fused-ring (bicyclic) bond motifs is 1. The highest BCUT2D eigenvalue weighted by atomic mass is 19.4. The third kappa shape index (κ3) is 5.04. The van der Waals surface area contributed by atoms with Crippen molar-refractivity contribution in [1.82, 2.24) is 19.1 Å². The van der Waals surface area contributed by atoms with Crippen molar-refractivity contribution in [2.24, 2.45) is 7.05 Å². The molecule has 2 N–H and O–H groups in total. The number of H-pyrrole nitrogens is 1. The van der Waals surface area contributed by atoms with Crippen molar-refractivity contribution in [3.05, 3.63) is 69.1 Å². The van der Waals surface area contributed by atoms with Gasteiger partial charge in [0.05, 0.1) is 12.6 Å². The number of alkyl halides is 3. The summed E-state index contributed by atoms with van der Waals surface area (Å²) in [5.41, 5.74) is -1.08. The normalized spacial score (nSPS) is 12.7. The van der Waals surface area contributed by atoms with Crippen LogP contribution in [0.25, 0.3) is 22.6 Å². The summed E-state index contributed by atoms with van der Waals surface area (Å²) in [5.74, 6) is -1.22.